The molecule has 86 valence electrons. The smallest absolute Gasteiger partial charge is 0.373 e. The zero-order valence-corrected chi connectivity index (χ0v) is 9.08. The Kier molecular flexibility index (Phi) is 7.27. The monoisotopic (exact) mass is 216 g/mol. The molecule has 0 heterocycles. The highest BCUT2D eigenvalue weighted by atomic mass is 16.6. The van der Waals surface area contributed by atoms with Gasteiger partial charge in [0.25, 0.3) is 0 Å². The van der Waals surface area contributed by atoms with Gasteiger partial charge >= 0.3 is 11.9 Å². The molecule has 0 saturated heterocycles. The Balaban J connectivity index is 3.76. The quantitative estimate of drug-likeness (QED) is 0.275. The Labute approximate surface area is 89.0 Å². The van der Waals surface area contributed by atoms with Crippen LogP contribution in [0.15, 0.2) is 12.3 Å². The molecule has 5 heteroatoms. The van der Waals surface area contributed by atoms with Gasteiger partial charge in [0.1, 0.15) is 0 Å². The average Bonchev–Trinajstić information content (AvgIpc) is 2.18. The van der Waals surface area contributed by atoms with Crippen LogP contribution < -0.4 is 0 Å². The highest BCUT2D eigenvalue weighted by Crippen LogP contribution is 2.00. The summed E-state index contributed by atoms with van der Waals surface area (Å²) in [5.74, 6) is -1.57. The summed E-state index contributed by atoms with van der Waals surface area (Å²) in [6.07, 6.45) is 0.0895. The molecule has 0 aliphatic heterocycles. The molecule has 0 atom stereocenters. The van der Waals surface area contributed by atoms with Gasteiger partial charge in [-0.15, -0.1) is 0 Å². The molecule has 0 aromatic heterocycles. The highest BCUT2D eigenvalue weighted by Gasteiger charge is 2.13. The normalized spacial score (nSPS) is 9.47. The first-order chi connectivity index (χ1) is 7.11. The van der Waals surface area contributed by atoms with Gasteiger partial charge in [-0.3, -0.25) is 4.79 Å². The standard InChI is InChI=1S/C10H16O5/c1-4-13-7-6-9(11)15-8(3)10(12)14-5-2/h3-7H2,1-2H3. The zero-order chi connectivity index (χ0) is 11.7. The van der Waals surface area contributed by atoms with Crippen LogP contribution in [-0.4, -0.2) is 31.8 Å². The SMILES string of the molecule is C=C(OC(=O)CCOCC)C(=O)OCC. The number of esters is 2. The van der Waals surface area contributed by atoms with Crippen molar-refractivity contribution in [2.24, 2.45) is 0 Å². The lowest BCUT2D eigenvalue weighted by molar-refractivity contribution is -0.151. The van der Waals surface area contributed by atoms with Gasteiger partial charge in [-0.2, -0.15) is 0 Å². The predicted octanol–water partition coefficient (Wildman–Crippen LogP) is 1.03. The van der Waals surface area contributed by atoms with Crippen LogP contribution in [0.5, 0.6) is 0 Å². The second-order valence-corrected chi connectivity index (χ2v) is 2.56. The van der Waals surface area contributed by atoms with E-state index in [4.69, 9.17) is 4.74 Å². The van der Waals surface area contributed by atoms with Crippen LogP contribution in [0.3, 0.4) is 0 Å². The van der Waals surface area contributed by atoms with Crippen molar-refractivity contribution in [2.75, 3.05) is 19.8 Å². The Bertz CT molecular complexity index is 234. The molecule has 0 radical (unpaired) electrons. The van der Waals surface area contributed by atoms with Crippen molar-refractivity contribution in [2.45, 2.75) is 20.3 Å². The van der Waals surface area contributed by atoms with Crippen molar-refractivity contribution in [1.82, 2.24) is 0 Å². The minimum atomic E-state index is -0.720. The van der Waals surface area contributed by atoms with Gasteiger partial charge in [-0.25, -0.2) is 4.79 Å². The Morgan fingerprint density at radius 1 is 1.20 bits per heavy atom. The topological polar surface area (TPSA) is 61.8 Å². The maximum absolute atomic E-state index is 11.1. The van der Waals surface area contributed by atoms with Crippen molar-refractivity contribution in [3.05, 3.63) is 12.3 Å². The van der Waals surface area contributed by atoms with Crippen molar-refractivity contribution in [1.29, 1.82) is 0 Å². The van der Waals surface area contributed by atoms with Gasteiger partial charge in [-0.05, 0) is 20.4 Å². The minimum absolute atomic E-state index is 0.0895. The summed E-state index contributed by atoms with van der Waals surface area (Å²) >= 11 is 0. The lowest BCUT2D eigenvalue weighted by Gasteiger charge is -2.06. The molecule has 0 aliphatic carbocycles. The van der Waals surface area contributed by atoms with E-state index in [1.807, 2.05) is 6.92 Å². The lowest BCUT2D eigenvalue weighted by Crippen LogP contribution is -2.14. The second kappa shape index (κ2) is 7.99. The third-order valence-electron chi connectivity index (χ3n) is 1.39. The fourth-order valence-electron chi connectivity index (χ4n) is 0.742. The van der Waals surface area contributed by atoms with E-state index < -0.39 is 11.9 Å². The van der Waals surface area contributed by atoms with Crippen LogP contribution in [-0.2, 0) is 23.8 Å². The molecule has 0 aliphatic rings. The van der Waals surface area contributed by atoms with Crippen LogP contribution in [0.25, 0.3) is 0 Å². The molecule has 0 amide bonds. The largest absolute Gasteiger partial charge is 0.460 e. The molecule has 0 rings (SSSR count). The molecule has 0 bridgehead atoms. The summed E-state index contributed by atoms with van der Waals surface area (Å²) in [5.41, 5.74) is 0. The van der Waals surface area contributed by atoms with E-state index in [9.17, 15) is 9.59 Å². The first-order valence-corrected chi connectivity index (χ1v) is 4.76. The zero-order valence-electron chi connectivity index (χ0n) is 9.08. The van der Waals surface area contributed by atoms with Crippen LogP contribution >= 0.6 is 0 Å². The van der Waals surface area contributed by atoms with Gasteiger partial charge in [0.15, 0.2) is 0 Å². The first-order valence-electron chi connectivity index (χ1n) is 4.76. The first kappa shape index (κ1) is 13.6. The Morgan fingerprint density at radius 3 is 2.40 bits per heavy atom. The van der Waals surface area contributed by atoms with Gasteiger partial charge in [0, 0.05) is 6.61 Å². The number of carbonyl (C=O) groups excluding carboxylic acids is 2. The summed E-state index contributed by atoms with van der Waals surface area (Å²) in [6.45, 7) is 7.78. The van der Waals surface area contributed by atoms with E-state index in [1.54, 1.807) is 6.92 Å². The molecule has 0 N–H and O–H groups in total. The van der Waals surface area contributed by atoms with E-state index in [0.29, 0.717) is 6.61 Å². The third-order valence-corrected chi connectivity index (χ3v) is 1.39. The number of ether oxygens (including phenoxy) is 3. The molecule has 0 aromatic carbocycles. The van der Waals surface area contributed by atoms with Crippen LogP contribution in [0.1, 0.15) is 20.3 Å². The second-order valence-electron chi connectivity index (χ2n) is 2.56. The van der Waals surface area contributed by atoms with E-state index in [-0.39, 0.29) is 25.4 Å². The van der Waals surface area contributed by atoms with Crippen LogP contribution in [0.4, 0.5) is 0 Å². The van der Waals surface area contributed by atoms with E-state index in [2.05, 4.69) is 16.1 Å². The molecule has 0 aromatic rings. The summed E-state index contributed by atoms with van der Waals surface area (Å²) in [6, 6.07) is 0. The molecule has 5 nitrogen and oxygen atoms in total. The van der Waals surface area contributed by atoms with Crippen molar-refractivity contribution in [3.63, 3.8) is 0 Å². The molecule has 0 unspecified atom stereocenters. The fraction of sp³-hybridized carbons (Fsp3) is 0.600. The number of rotatable bonds is 7. The molecule has 0 saturated carbocycles. The molecule has 15 heavy (non-hydrogen) atoms. The van der Waals surface area contributed by atoms with Gasteiger partial charge in [-0.1, -0.05) is 0 Å². The van der Waals surface area contributed by atoms with Crippen LogP contribution in [0, 0.1) is 0 Å². The van der Waals surface area contributed by atoms with Gasteiger partial charge in [0.05, 0.1) is 19.6 Å². The van der Waals surface area contributed by atoms with Crippen molar-refractivity contribution < 1.29 is 23.8 Å². The number of carbonyl (C=O) groups is 2. The predicted molar refractivity (Wildman–Crippen MR) is 53.0 cm³/mol. The lowest BCUT2D eigenvalue weighted by atomic mass is 10.4. The summed E-state index contributed by atoms with van der Waals surface area (Å²) in [5, 5.41) is 0. The number of hydrogen-bond acceptors (Lipinski definition) is 5. The van der Waals surface area contributed by atoms with Crippen LogP contribution in [0.2, 0.25) is 0 Å². The Hall–Kier alpha value is -1.36. The summed E-state index contributed by atoms with van der Waals surface area (Å²) in [4.78, 5) is 22.0. The minimum Gasteiger partial charge on any atom is -0.460 e. The van der Waals surface area contributed by atoms with Gasteiger partial charge in [0.2, 0.25) is 5.76 Å². The summed E-state index contributed by atoms with van der Waals surface area (Å²) < 4.78 is 14.2. The third kappa shape index (κ3) is 6.68. The fourth-order valence-corrected chi connectivity index (χ4v) is 0.742. The van der Waals surface area contributed by atoms with Crippen molar-refractivity contribution >= 4 is 11.9 Å². The maximum atomic E-state index is 11.1. The molecular weight excluding hydrogens is 200 g/mol. The number of hydrogen-bond donors (Lipinski definition) is 0. The van der Waals surface area contributed by atoms with E-state index in [0.717, 1.165) is 0 Å². The molecule has 0 fully saturated rings. The van der Waals surface area contributed by atoms with Gasteiger partial charge < -0.3 is 14.2 Å². The van der Waals surface area contributed by atoms with E-state index >= 15 is 0 Å². The average molecular weight is 216 g/mol. The van der Waals surface area contributed by atoms with Crippen molar-refractivity contribution in [3.8, 4) is 0 Å². The Morgan fingerprint density at radius 2 is 1.87 bits per heavy atom. The maximum Gasteiger partial charge on any atom is 0.373 e. The molecule has 0 spiro atoms. The summed E-state index contributed by atoms with van der Waals surface area (Å²) in [7, 11) is 0. The van der Waals surface area contributed by atoms with E-state index in [1.165, 1.54) is 0 Å². The molecular formula is C10H16O5. The highest BCUT2D eigenvalue weighted by molar-refractivity contribution is 5.88.